The summed E-state index contributed by atoms with van der Waals surface area (Å²) in [6.45, 7) is 7.93. The fourth-order valence-electron chi connectivity index (χ4n) is 2.23. The van der Waals surface area contributed by atoms with Crippen LogP contribution in [0.3, 0.4) is 0 Å². The molecule has 156 valence electrons. The first-order valence-electron chi connectivity index (χ1n) is 9.49. The number of allylic oxidation sites excluding steroid dienone is 1. The van der Waals surface area contributed by atoms with Gasteiger partial charge in [0.15, 0.2) is 0 Å². The predicted molar refractivity (Wildman–Crippen MR) is 104 cm³/mol. The molecule has 7 heteroatoms. The van der Waals surface area contributed by atoms with Crippen LogP contribution in [0.1, 0.15) is 32.8 Å². The fraction of sp³-hybridized carbons (Fsp3) is 0.524. The Labute approximate surface area is 166 Å². The number of benzene rings is 1. The van der Waals surface area contributed by atoms with Crippen molar-refractivity contribution in [3.8, 4) is 5.75 Å². The molecule has 0 N–H and O–H groups in total. The topological polar surface area (TPSA) is 80.3 Å². The monoisotopic (exact) mass is 394 g/mol. The van der Waals surface area contributed by atoms with E-state index < -0.39 is 11.9 Å². The van der Waals surface area contributed by atoms with E-state index in [1.165, 1.54) is 6.92 Å². The molecule has 0 unspecified atom stereocenters. The zero-order valence-electron chi connectivity index (χ0n) is 16.9. The summed E-state index contributed by atoms with van der Waals surface area (Å²) in [5, 5.41) is 0. The van der Waals surface area contributed by atoms with Crippen LogP contribution in [0.15, 0.2) is 36.1 Å². The average molecular weight is 394 g/mol. The summed E-state index contributed by atoms with van der Waals surface area (Å²) in [6, 6.07) is 7.68. The maximum atomic E-state index is 11.8. The van der Waals surface area contributed by atoms with Crippen LogP contribution in [-0.2, 0) is 35.0 Å². The van der Waals surface area contributed by atoms with Gasteiger partial charge in [-0.25, -0.2) is 4.79 Å². The summed E-state index contributed by atoms with van der Waals surface area (Å²) in [7, 11) is 0. The van der Waals surface area contributed by atoms with Gasteiger partial charge in [-0.3, -0.25) is 4.79 Å². The van der Waals surface area contributed by atoms with E-state index in [0.29, 0.717) is 45.9 Å². The van der Waals surface area contributed by atoms with Gasteiger partial charge in [-0.15, -0.1) is 0 Å². The van der Waals surface area contributed by atoms with Crippen molar-refractivity contribution in [1.82, 2.24) is 0 Å². The summed E-state index contributed by atoms with van der Waals surface area (Å²) in [5.41, 5.74) is 1.07. The lowest BCUT2D eigenvalue weighted by Gasteiger charge is -2.08. The van der Waals surface area contributed by atoms with E-state index >= 15 is 0 Å². The van der Waals surface area contributed by atoms with Crippen LogP contribution in [0.5, 0.6) is 5.75 Å². The number of carbonyl (C=O) groups excluding carboxylic acids is 2. The fourth-order valence-corrected chi connectivity index (χ4v) is 2.23. The van der Waals surface area contributed by atoms with Gasteiger partial charge in [0, 0.05) is 13.5 Å². The molecule has 0 fully saturated rings. The number of ether oxygens (including phenoxy) is 5. The van der Waals surface area contributed by atoms with Crippen molar-refractivity contribution in [2.75, 3.05) is 39.6 Å². The third kappa shape index (κ3) is 10.7. The molecule has 0 aliphatic rings. The van der Waals surface area contributed by atoms with Crippen LogP contribution in [0.2, 0.25) is 0 Å². The summed E-state index contributed by atoms with van der Waals surface area (Å²) in [5.74, 6) is -0.494. The molecule has 0 aliphatic heterocycles. The first-order chi connectivity index (χ1) is 13.6. The van der Waals surface area contributed by atoms with Gasteiger partial charge in [0.2, 0.25) is 5.76 Å². The first kappa shape index (κ1) is 23.7. The summed E-state index contributed by atoms with van der Waals surface area (Å²) in [6.07, 6.45) is 2.80. The van der Waals surface area contributed by atoms with Crippen molar-refractivity contribution >= 4 is 11.9 Å². The molecule has 1 aromatic rings. The highest BCUT2D eigenvalue weighted by atomic mass is 16.6. The van der Waals surface area contributed by atoms with Crippen molar-refractivity contribution in [1.29, 1.82) is 0 Å². The van der Waals surface area contributed by atoms with E-state index in [0.717, 1.165) is 11.3 Å². The lowest BCUT2D eigenvalue weighted by molar-refractivity contribution is -0.150. The molecule has 0 aliphatic carbocycles. The number of carbonyl (C=O) groups is 2. The number of rotatable bonds is 14. The molecule has 7 nitrogen and oxygen atoms in total. The Morgan fingerprint density at radius 2 is 1.61 bits per heavy atom. The van der Waals surface area contributed by atoms with E-state index in [1.54, 1.807) is 13.0 Å². The van der Waals surface area contributed by atoms with Gasteiger partial charge in [-0.1, -0.05) is 12.1 Å². The van der Waals surface area contributed by atoms with Crippen molar-refractivity contribution in [2.24, 2.45) is 0 Å². The summed E-state index contributed by atoms with van der Waals surface area (Å²) in [4.78, 5) is 22.9. The molecule has 0 saturated heterocycles. The van der Waals surface area contributed by atoms with Gasteiger partial charge in [-0.2, -0.15) is 0 Å². The molecular weight excluding hydrogens is 364 g/mol. The maximum absolute atomic E-state index is 11.8. The molecule has 0 bridgehead atoms. The van der Waals surface area contributed by atoms with Crippen LogP contribution >= 0.6 is 0 Å². The Bertz CT molecular complexity index is 608. The molecule has 0 spiro atoms. The highest BCUT2D eigenvalue weighted by Gasteiger charge is 2.14. The number of aryl methyl sites for hydroxylation is 1. The third-order valence-electron chi connectivity index (χ3n) is 3.49. The van der Waals surface area contributed by atoms with Crippen molar-refractivity contribution in [3.05, 3.63) is 41.7 Å². The minimum Gasteiger partial charge on any atom is -0.491 e. The van der Waals surface area contributed by atoms with Crippen LogP contribution in [0.25, 0.3) is 0 Å². The van der Waals surface area contributed by atoms with E-state index in [1.807, 2.05) is 31.2 Å². The molecule has 0 aromatic heterocycles. The molecule has 0 heterocycles. The third-order valence-corrected chi connectivity index (χ3v) is 3.49. The minimum atomic E-state index is -0.634. The molecule has 28 heavy (non-hydrogen) atoms. The van der Waals surface area contributed by atoms with Gasteiger partial charge in [0.05, 0.1) is 26.4 Å². The van der Waals surface area contributed by atoms with Crippen LogP contribution in [0, 0.1) is 0 Å². The molecule has 1 rings (SSSR count). The Balaban J connectivity index is 2.38. The highest BCUT2D eigenvalue weighted by molar-refractivity contribution is 5.89. The van der Waals surface area contributed by atoms with Crippen LogP contribution < -0.4 is 4.74 Å². The van der Waals surface area contributed by atoms with Crippen LogP contribution in [0.4, 0.5) is 0 Å². The summed E-state index contributed by atoms with van der Waals surface area (Å²) >= 11 is 0. The quantitative estimate of drug-likeness (QED) is 0.208. The standard InChI is InChI=1S/C21H30O7/c1-4-24-13-14-25-15-16-27-19-11-9-18(10-12-19)7-6-8-20(28-17(3)22)21(23)26-5-2/h8-12H,4-7,13-16H2,1-3H3. The molecule has 0 saturated carbocycles. The molecule has 1 aromatic carbocycles. The Morgan fingerprint density at radius 1 is 0.929 bits per heavy atom. The Kier molecular flexibility index (Phi) is 12.4. The lowest BCUT2D eigenvalue weighted by Crippen LogP contribution is -2.13. The second-order valence-electron chi connectivity index (χ2n) is 5.72. The summed E-state index contributed by atoms with van der Waals surface area (Å²) < 4.78 is 26.0. The van der Waals surface area contributed by atoms with Crippen molar-refractivity contribution < 1.29 is 33.3 Å². The molecular formula is C21H30O7. The second-order valence-corrected chi connectivity index (χ2v) is 5.72. The van der Waals surface area contributed by atoms with Crippen molar-refractivity contribution in [2.45, 2.75) is 33.6 Å². The van der Waals surface area contributed by atoms with Crippen molar-refractivity contribution in [3.63, 3.8) is 0 Å². The lowest BCUT2D eigenvalue weighted by atomic mass is 10.1. The van der Waals surface area contributed by atoms with Gasteiger partial charge in [-0.05, 0) is 50.5 Å². The van der Waals surface area contributed by atoms with E-state index in [9.17, 15) is 9.59 Å². The Hall–Kier alpha value is -2.38. The number of esters is 2. The maximum Gasteiger partial charge on any atom is 0.374 e. The average Bonchev–Trinajstić information content (AvgIpc) is 2.67. The molecule has 0 atom stereocenters. The van der Waals surface area contributed by atoms with Gasteiger partial charge < -0.3 is 23.7 Å². The van der Waals surface area contributed by atoms with Gasteiger partial charge >= 0.3 is 11.9 Å². The van der Waals surface area contributed by atoms with Gasteiger partial charge in [0.25, 0.3) is 0 Å². The molecule has 0 amide bonds. The zero-order valence-corrected chi connectivity index (χ0v) is 16.9. The Morgan fingerprint density at radius 3 is 2.25 bits per heavy atom. The largest absolute Gasteiger partial charge is 0.491 e. The predicted octanol–water partition coefficient (Wildman–Crippen LogP) is 3.06. The SMILES string of the molecule is CCOCCOCCOc1ccc(CCC=C(OC(C)=O)C(=O)OCC)cc1. The number of hydrogen-bond acceptors (Lipinski definition) is 7. The van der Waals surface area contributed by atoms with E-state index in [4.69, 9.17) is 23.7 Å². The van der Waals surface area contributed by atoms with E-state index in [2.05, 4.69) is 0 Å². The first-order valence-corrected chi connectivity index (χ1v) is 9.49. The smallest absolute Gasteiger partial charge is 0.374 e. The zero-order chi connectivity index (χ0) is 20.6. The normalized spacial score (nSPS) is 11.2. The minimum absolute atomic E-state index is 0.0707. The highest BCUT2D eigenvalue weighted by Crippen LogP contribution is 2.14. The van der Waals surface area contributed by atoms with Crippen LogP contribution in [-0.4, -0.2) is 51.6 Å². The van der Waals surface area contributed by atoms with E-state index in [-0.39, 0.29) is 12.4 Å². The second kappa shape index (κ2) is 14.6. The number of hydrogen-bond donors (Lipinski definition) is 0. The molecule has 0 radical (unpaired) electrons. The van der Waals surface area contributed by atoms with Gasteiger partial charge in [0.1, 0.15) is 12.4 Å².